The molecule has 1 saturated heterocycles. The predicted octanol–water partition coefficient (Wildman–Crippen LogP) is 1.91. The van der Waals surface area contributed by atoms with Gasteiger partial charge in [0.15, 0.2) is 0 Å². The maximum absolute atomic E-state index is 14.2. The number of carbonyl (C=O) groups excluding carboxylic acids is 2. The van der Waals surface area contributed by atoms with E-state index < -0.39 is 30.3 Å². The number of hydrogen-bond donors (Lipinski definition) is 1. The highest BCUT2D eigenvalue weighted by Gasteiger charge is 2.40. The molecule has 4 nitrogen and oxygen atoms in total. The van der Waals surface area contributed by atoms with Gasteiger partial charge >= 0.3 is 0 Å². The molecule has 0 aromatic heterocycles. The van der Waals surface area contributed by atoms with Gasteiger partial charge in [0.25, 0.3) is 5.92 Å². The van der Waals surface area contributed by atoms with Gasteiger partial charge in [-0.15, -0.1) is 0 Å². The lowest BCUT2D eigenvalue weighted by molar-refractivity contribution is -0.150. The third kappa shape index (κ3) is 3.56. The van der Waals surface area contributed by atoms with Crippen LogP contribution in [-0.2, 0) is 15.5 Å². The van der Waals surface area contributed by atoms with Crippen LogP contribution in [0.5, 0.6) is 0 Å². The van der Waals surface area contributed by atoms with E-state index in [4.69, 9.17) is 0 Å². The molecule has 0 bridgehead atoms. The van der Waals surface area contributed by atoms with Gasteiger partial charge < -0.3 is 10.2 Å². The molecule has 114 valence electrons. The molecular weight excluding hydrogens is 278 g/mol. The van der Waals surface area contributed by atoms with E-state index in [1.165, 1.54) is 24.3 Å². The highest BCUT2D eigenvalue weighted by atomic mass is 19.3. The topological polar surface area (TPSA) is 49.4 Å². The number of piperazine rings is 1. The third-order valence-electron chi connectivity index (χ3n) is 3.44. The zero-order valence-corrected chi connectivity index (χ0v) is 11.8. The maximum atomic E-state index is 14.2. The predicted molar refractivity (Wildman–Crippen MR) is 73.8 cm³/mol. The fourth-order valence-corrected chi connectivity index (χ4v) is 2.40. The fourth-order valence-electron chi connectivity index (χ4n) is 2.40. The first kappa shape index (κ1) is 15.4. The molecule has 0 aliphatic carbocycles. The number of amides is 2. The Bertz CT molecular complexity index is 520. The number of rotatable bonds is 5. The molecule has 6 heteroatoms. The molecule has 0 spiro atoms. The summed E-state index contributed by atoms with van der Waals surface area (Å²) in [4.78, 5) is 24.7. The lowest BCUT2D eigenvalue weighted by Gasteiger charge is -2.34. The molecule has 21 heavy (non-hydrogen) atoms. The molecule has 2 rings (SSSR count). The zero-order chi connectivity index (χ0) is 15.5. The van der Waals surface area contributed by atoms with E-state index in [1.54, 1.807) is 6.07 Å². The van der Waals surface area contributed by atoms with Crippen LogP contribution in [0.3, 0.4) is 0 Å². The standard InChI is InChI=1S/C15H18F2N2O2/c1-2-6-12-14(21)19(9-13(20)18-12)10-15(16,17)11-7-4-3-5-8-11/h3-5,7-8,12H,2,6,9-10H2,1H3,(H,18,20). The molecule has 1 unspecified atom stereocenters. The monoisotopic (exact) mass is 296 g/mol. The van der Waals surface area contributed by atoms with Crippen molar-refractivity contribution in [3.8, 4) is 0 Å². The summed E-state index contributed by atoms with van der Waals surface area (Å²) in [5.41, 5.74) is -0.157. The van der Waals surface area contributed by atoms with Crippen LogP contribution >= 0.6 is 0 Å². The Balaban J connectivity index is 2.13. The van der Waals surface area contributed by atoms with E-state index in [2.05, 4.69) is 5.32 Å². The molecule has 0 radical (unpaired) electrons. The van der Waals surface area contributed by atoms with E-state index in [0.29, 0.717) is 12.8 Å². The first-order chi connectivity index (χ1) is 9.94. The lowest BCUT2D eigenvalue weighted by Crippen LogP contribution is -2.59. The smallest absolute Gasteiger partial charge is 0.290 e. The summed E-state index contributed by atoms with van der Waals surface area (Å²) < 4.78 is 28.5. The molecule has 1 N–H and O–H groups in total. The summed E-state index contributed by atoms with van der Waals surface area (Å²) in [5.74, 6) is -4.00. The molecule has 0 saturated carbocycles. The molecule has 1 aliphatic heterocycles. The largest absolute Gasteiger partial charge is 0.343 e. The van der Waals surface area contributed by atoms with Gasteiger partial charge in [0, 0.05) is 5.56 Å². The van der Waals surface area contributed by atoms with Gasteiger partial charge in [-0.05, 0) is 6.42 Å². The van der Waals surface area contributed by atoms with Gasteiger partial charge in [0.05, 0.1) is 13.1 Å². The van der Waals surface area contributed by atoms with Crippen LogP contribution < -0.4 is 5.32 Å². The van der Waals surface area contributed by atoms with Gasteiger partial charge in [-0.1, -0.05) is 43.7 Å². The summed E-state index contributed by atoms with van der Waals surface area (Å²) in [6.45, 7) is 0.780. The molecule has 1 heterocycles. The molecule has 1 aliphatic rings. The van der Waals surface area contributed by atoms with Crippen molar-refractivity contribution in [1.82, 2.24) is 10.2 Å². The third-order valence-corrected chi connectivity index (χ3v) is 3.44. The first-order valence-corrected chi connectivity index (χ1v) is 6.95. The van der Waals surface area contributed by atoms with Crippen molar-refractivity contribution in [3.63, 3.8) is 0 Å². The second-order valence-corrected chi connectivity index (χ2v) is 5.17. The average molecular weight is 296 g/mol. The van der Waals surface area contributed by atoms with Crippen molar-refractivity contribution in [2.24, 2.45) is 0 Å². The number of hydrogen-bond acceptors (Lipinski definition) is 2. The second-order valence-electron chi connectivity index (χ2n) is 5.17. The molecule has 1 aromatic rings. The van der Waals surface area contributed by atoms with Gasteiger partial charge in [0.1, 0.15) is 6.04 Å². The minimum Gasteiger partial charge on any atom is -0.343 e. The van der Waals surface area contributed by atoms with Crippen LogP contribution in [0.4, 0.5) is 8.78 Å². The SMILES string of the molecule is CCCC1NC(=O)CN(CC(F)(F)c2ccccc2)C1=O. The number of carbonyl (C=O) groups is 2. The van der Waals surface area contributed by atoms with Crippen LogP contribution in [0.25, 0.3) is 0 Å². The van der Waals surface area contributed by atoms with E-state index >= 15 is 0 Å². The van der Waals surface area contributed by atoms with Gasteiger partial charge in [-0.2, -0.15) is 8.78 Å². The number of benzene rings is 1. The molecule has 2 amide bonds. The van der Waals surface area contributed by atoms with Crippen molar-refractivity contribution < 1.29 is 18.4 Å². The zero-order valence-electron chi connectivity index (χ0n) is 11.8. The number of nitrogens with zero attached hydrogens (tertiary/aromatic N) is 1. The Labute approximate surface area is 122 Å². The molecule has 1 atom stereocenters. The Morgan fingerprint density at radius 3 is 2.57 bits per heavy atom. The minimum atomic E-state index is -3.18. The van der Waals surface area contributed by atoms with Crippen LogP contribution in [0, 0.1) is 0 Å². The Morgan fingerprint density at radius 2 is 1.95 bits per heavy atom. The van der Waals surface area contributed by atoms with Crippen LogP contribution in [-0.4, -0.2) is 35.8 Å². The second kappa shape index (κ2) is 6.20. The van der Waals surface area contributed by atoms with Crippen molar-refractivity contribution in [3.05, 3.63) is 35.9 Å². The summed E-state index contributed by atoms with van der Waals surface area (Å²) in [6.07, 6.45) is 1.15. The average Bonchev–Trinajstić information content (AvgIpc) is 2.45. The summed E-state index contributed by atoms with van der Waals surface area (Å²) >= 11 is 0. The Kier molecular flexibility index (Phi) is 4.55. The highest BCUT2D eigenvalue weighted by Crippen LogP contribution is 2.29. The number of nitrogens with one attached hydrogen (secondary N) is 1. The number of halogens is 2. The van der Waals surface area contributed by atoms with Gasteiger partial charge in [0.2, 0.25) is 11.8 Å². The van der Waals surface area contributed by atoms with Crippen LogP contribution in [0.15, 0.2) is 30.3 Å². The van der Waals surface area contributed by atoms with Gasteiger partial charge in [-0.3, -0.25) is 9.59 Å². The van der Waals surface area contributed by atoms with Crippen molar-refractivity contribution >= 4 is 11.8 Å². The fraction of sp³-hybridized carbons (Fsp3) is 0.467. The quantitative estimate of drug-likeness (QED) is 0.902. The molecular formula is C15H18F2N2O2. The van der Waals surface area contributed by atoms with Gasteiger partial charge in [-0.25, -0.2) is 0 Å². The maximum Gasteiger partial charge on any atom is 0.290 e. The minimum absolute atomic E-state index is 0.157. The number of alkyl halides is 2. The van der Waals surface area contributed by atoms with Crippen molar-refractivity contribution in [1.29, 1.82) is 0 Å². The summed E-state index contributed by atoms with van der Waals surface area (Å²) in [5, 5.41) is 2.55. The highest BCUT2D eigenvalue weighted by molar-refractivity contribution is 5.94. The molecule has 1 fully saturated rings. The van der Waals surface area contributed by atoms with Crippen molar-refractivity contribution in [2.75, 3.05) is 13.1 Å². The van der Waals surface area contributed by atoms with Crippen LogP contribution in [0.1, 0.15) is 25.3 Å². The lowest BCUT2D eigenvalue weighted by atomic mass is 10.0. The summed E-state index contributed by atoms with van der Waals surface area (Å²) in [6, 6.07) is 6.64. The van der Waals surface area contributed by atoms with E-state index in [9.17, 15) is 18.4 Å². The summed E-state index contributed by atoms with van der Waals surface area (Å²) in [7, 11) is 0. The van der Waals surface area contributed by atoms with E-state index in [0.717, 1.165) is 4.90 Å². The normalized spacial score (nSPS) is 19.6. The van der Waals surface area contributed by atoms with E-state index in [1.807, 2.05) is 6.92 Å². The Hall–Kier alpha value is -1.98. The molecule has 1 aromatic carbocycles. The Morgan fingerprint density at radius 1 is 1.29 bits per heavy atom. The van der Waals surface area contributed by atoms with E-state index in [-0.39, 0.29) is 12.1 Å². The van der Waals surface area contributed by atoms with Crippen LogP contribution in [0.2, 0.25) is 0 Å². The first-order valence-electron chi connectivity index (χ1n) is 6.95. The van der Waals surface area contributed by atoms with Crippen molar-refractivity contribution in [2.45, 2.75) is 31.7 Å².